The Kier molecular flexibility index (Phi) is 8.06. The van der Waals surface area contributed by atoms with Crippen molar-refractivity contribution in [3.05, 3.63) is 131 Å². The molecular formula is C32H33NO3. The smallest absolute Gasteiger partial charge is 0.232 e. The molecule has 0 heterocycles. The summed E-state index contributed by atoms with van der Waals surface area (Å²) in [4.78, 5) is 13.7. The number of nitrogens with one attached hydrogen (secondary N) is 1. The highest BCUT2D eigenvalue weighted by atomic mass is 16.5. The number of carbonyl (C=O) groups excluding carboxylic acids is 1. The van der Waals surface area contributed by atoms with Gasteiger partial charge in [-0.2, -0.15) is 0 Å². The summed E-state index contributed by atoms with van der Waals surface area (Å²) < 4.78 is 11.9. The summed E-state index contributed by atoms with van der Waals surface area (Å²) in [5, 5.41) is 3.31. The van der Waals surface area contributed by atoms with Crippen LogP contribution in [0.2, 0.25) is 0 Å². The summed E-state index contributed by atoms with van der Waals surface area (Å²) in [5.74, 6) is 0.948. The fourth-order valence-corrected chi connectivity index (χ4v) is 4.47. The molecule has 4 rings (SSSR count). The van der Waals surface area contributed by atoms with Gasteiger partial charge in [-0.25, -0.2) is 0 Å². The molecule has 0 bridgehead atoms. The van der Waals surface area contributed by atoms with Crippen LogP contribution in [-0.4, -0.2) is 18.6 Å². The van der Waals surface area contributed by atoms with Gasteiger partial charge in [0.2, 0.25) is 5.91 Å². The van der Waals surface area contributed by atoms with Crippen LogP contribution in [0.25, 0.3) is 0 Å². The van der Waals surface area contributed by atoms with Crippen LogP contribution in [-0.2, 0) is 17.8 Å². The Labute approximate surface area is 213 Å². The standard InChI is InChI=1S/C32H33NO3/c1-32(2,33-31(34)29(25-16-9-5-10-17-25)26-18-11-6-12-19-26)22-27-20-13-21-28(35-3)30(27)36-23-24-14-7-4-8-15-24/h4-21,29H,22-23H2,1-3H3,(H,33,34). The summed E-state index contributed by atoms with van der Waals surface area (Å²) in [7, 11) is 1.64. The second-order valence-corrected chi connectivity index (χ2v) is 9.53. The number of hydrogen-bond acceptors (Lipinski definition) is 3. The Bertz CT molecular complexity index is 1220. The Morgan fingerprint density at radius 1 is 0.778 bits per heavy atom. The zero-order valence-electron chi connectivity index (χ0n) is 21.1. The third-order valence-corrected chi connectivity index (χ3v) is 6.13. The third-order valence-electron chi connectivity index (χ3n) is 6.13. The van der Waals surface area contributed by atoms with Gasteiger partial charge in [0.1, 0.15) is 6.61 Å². The van der Waals surface area contributed by atoms with Gasteiger partial charge in [0.05, 0.1) is 13.0 Å². The number of rotatable bonds is 10. The van der Waals surface area contributed by atoms with E-state index >= 15 is 0 Å². The predicted octanol–water partition coefficient (Wildman–Crippen LogP) is 6.54. The van der Waals surface area contributed by atoms with E-state index < -0.39 is 11.5 Å². The predicted molar refractivity (Wildman–Crippen MR) is 144 cm³/mol. The fraction of sp³-hybridized carbons (Fsp3) is 0.219. The van der Waals surface area contributed by atoms with Gasteiger partial charge in [-0.05, 0) is 43.0 Å². The van der Waals surface area contributed by atoms with E-state index in [0.717, 1.165) is 22.3 Å². The van der Waals surface area contributed by atoms with Crippen LogP contribution in [0.4, 0.5) is 0 Å². The molecular weight excluding hydrogens is 446 g/mol. The monoisotopic (exact) mass is 479 g/mol. The largest absolute Gasteiger partial charge is 0.493 e. The van der Waals surface area contributed by atoms with Crippen molar-refractivity contribution in [2.24, 2.45) is 0 Å². The lowest BCUT2D eigenvalue weighted by atomic mass is 9.88. The Hall–Kier alpha value is -4.05. The van der Waals surface area contributed by atoms with Crippen molar-refractivity contribution in [2.75, 3.05) is 7.11 Å². The topological polar surface area (TPSA) is 47.6 Å². The molecule has 0 atom stereocenters. The van der Waals surface area contributed by atoms with Crippen molar-refractivity contribution in [2.45, 2.75) is 38.3 Å². The lowest BCUT2D eigenvalue weighted by Crippen LogP contribution is -2.47. The first-order valence-corrected chi connectivity index (χ1v) is 12.2. The van der Waals surface area contributed by atoms with Gasteiger partial charge in [0.15, 0.2) is 11.5 Å². The SMILES string of the molecule is COc1cccc(CC(C)(C)NC(=O)C(c2ccccc2)c2ccccc2)c1OCc1ccccc1. The molecule has 0 fully saturated rings. The fourth-order valence-electron chi connectivity index (χ4n) is 4.47. The van der Waals surface area contributed by atoms with Gasteiger partial charge < -0.3 is 14.8 Å². The summed E-state index contributed by atoms with van der Waals surface area (Å²) in [6.07, 6.45) is 0.580. The average Bonchev–Trinajstić information content (AvgIpc) is 2.89. The second kappa shape index (κ2) is 11.6. The van der Waals surface area contributed by atoms with E-state index in [-0.39, 0.29) is 5.91 Å². The number of carbonyl (C=O) groups is 1. The highest BCUT2D eigenvalue weighted by Crippen LogP contribution is 2.34. The zero-order chi connectivity index (χ0) is 25.4. The quantitative estimate of drug-likeness (QED) is 0.281. The van der Waals surface area contributed by atoms with E-state index in [0.29, 0.717) is 24.5 Å². The number of hydrogen-bond donors (Lipinski definition) is 1. The molecule has 4 aromatic rings. The first kappa shape index (κ1) is 25.1. The summed E-state index contributed by atoms with van der Waals surface area (Å²) in [6, 6.07) is 35.7. The van der Waals surface area contributed by atoms with Crippen molar-refractivity contribution >= 4 is 5.91 Å². The van der Waals surface area contributed by atoms with Gasteiger partial charge in [-0.3, -0.25) is 4.79 Å². The molecule has 184 valence electrons. The second-order valence-electron chi connectivity index (χ2n) is 9.53. The molecule has 0 saturated heterocycles. The minimum atomic E-state index is -0.532. The van der Waals surface area contributed by atoms with Crippen LogP contribution in [0, 0.1) is 0 Å². The third kappa shape index (κ3) is 6.33. The molecule has 0 aliphatic heterocycles. The molecule has 0 aliphatic rings. The molecule has 4 heteroatoms. The molecule has 4 nitrogen and oxygen atoms in total. The van der Waals surface area contributed by atoms with Crippen molar-refractivity contribution in [1.82, 2.24) is 5.32 Å². The summed E-state index contributed by atoms with van der Waals surface area (Å²) in [6.45, 7) is 4.52. The van der Waals surface area contributed by atoms with E-state index in [1.807, 2.05) is 123 Å². The number of para-hydroxylation sites is 1. The van der Waals surface area contributed by atoms with Crippen molar-refractivity contribution in [1.29, 1.82) is 0 Å². The molecule has 0 aliphatic carbocycles. The molecule has 1 amide bonds. The molecule has 0 spiro atoms. The average molecular weight is 480 g/mol. The maximum absolute atomic E-state index is 13.7. The van der Waals surface area contributed by atoms with Crippen LogP contribution in [0.3, 0.4) is 0 Å². The lowest BCUT2D eigenvalue weighted by Gasteiger charge is -2.30. The number of ether oxygens (including phenoxy) is 2. The first-order chi connectivity index (χ1) is 17.5. The van der Waals surface area contributed by atoms with Crippen LogP contribution in [0.15, 0.2) is 109 Å². The van der Waals surface area contributed by atoms with Crippen LogP contribution < -0.4 is 14.8 Å². The van der Waals surface area contributed by atoms with E-state index in [1.165, 1.54) is 0 Å². The van der Waals surface area contributed by atoms with E-state index in [2.05, 4.69) is 5.32 Å². The minimum Gasteiger partial charge on any atom is -0.493 e. The van der Waals surface area contributed by atoms with Crippen LogP contribution in [0.5, 0.6) is 11.5 Å². The lowest BCUT2D eigenvalue weighted by molar-refractivity contribution is -0.123. The molecule has 0 radical (unpaired) electrons. The molecule has 1 N–H and O–H groups in total. The summed E-state index contributed by atoms with van der Waals surface area (Å²) >= 11 is 0. The van der Waals surface area contributed by atoms with Gasteiger partial charge in [-0.1, -0.05) is 103 Å². The summed E-state index contributed by atoms with van der Waals surface area (Å²) in [5.41, 5.74) is 3.45. The number of methoxy groups -OCH3 is 1. The maximum atomic E-state index is 13.7. The highest BCUT2D eigenvalue weighted by molar-refractivity contribution is 5.87. The Balaban J connectivity index is 1.56. The van der Waals surface area contributed by atoms with Gasteiger partial charge in [0.25, 0.3) is 0 Å². The van der Waals surface area contributed by atoms with Crippen molar-refractivity contribution < 1.29 is 14.3 Å². The van der Waals surface area contributed by atoms with E-state index in [9.17, 15) is 4.79 Å². The Morgan fingerprint density at radius 2 is 1.33 bits per heavy atom. The van der Waals surface area contributed by atoms with Crippen LogP contribution in [0.1, 0.15) is 42.0 Å². The van der Waals surface area contributed by atoms with E-state index in [1.54, 1.807) is 7.11 Å². The highest BCUT2D eigenvalue weighted by Gasteiger charge is 2.29. The van der Waals surface area contributed by atoms with Crippen LogP contribution >= 0.6 is 0 Å². The molecule has 36 heavy (non-hydrogen) atoms. The van der Waals surface area contributed by atoms with Crippen molar-refractivity contribution in [3.63, 3.8) is 0 Å². The van der Waals surface area contributed by atoms with Gasteiger partial charge in [-0.15, -0.1) is 0 Å². The number of benzene rings is 4. The maximum Gasteiger partial charge on any atom is 0.232 e. The van der Waals surface area contributed by atoms with E-state index in [4.69, 9.17) is 9.47 Å². The van der Waals surface area contributed by atoms with Gasteiger partial charge >= 0.3 is 0 Å². The first-order valence-electron chi connectivity index (χ1n) is 12.2. The minimum absolute atomic E-state index is 0.0351. The normalized spacial score (nSPS) is 11.2. The zero-order valence-corrected chi connectivity index (χ0v) is 21.1. The molecule has 0 saturated carbocycles. The van der Waals surface area contributed by atoms with Gasteiger partial charge in [0, 0.05) is 11.1 Å². The Morgan fingerprint density at radius 3 is 1.89 bits per heavy atom. The molecule has 4 aromatic carbocycles. The number of amides is 1. The molecule has 0 aromatic heterocycles. The van der Waals surface area contributed by atoms with Crippen molar-refractivity contribution in [3.8, 4) is 11.5 Å². The molecule has 0 unspecified atom stereocenters.